The van der Waals surface area contributed by atoms with Crippen LogP contribution in [0.25, 0.3) is 0 Å². The van der Waals surface area contributed by atoms with Gasteiger partial charge in [-0.3, -0.25) is 9.78 Å². The summed E-state index contributed by atoms with van der Waals surface area (Å²) in [6.07, 6.45) is 5.14. The molecule has 1 N–H and O–H groups in total. The van der Waals surface area contributed by atoms with Gasteiger partial charge in [0, 0.05) is 31.9 Å². The molecule has 0 spiro atoms. The van der Waals surface area contributed by atoms with Crippen LogP contribution < -0.4 is 14.2 Å². The maximum absolute atomic E-state index is 12.8. The standard InChI is InChI=1S/C24H30N2O5/c1-29-20-4-3-5-21(24(20)30-2)31-22-13-18-15-26(14-17(18)12-19(22)27)23(28)7-6-16-8-10-25-11-9-16/h3-5,8-11,17-19,22,27H,6-7,12-15H2,1-2H3/t17-,18+,19+,22+/m0/s1. The third-order valence-corrected chi connectivity index (χ3v) is 6.46. The number of benzene rings is 1. The molecule has 166 valence electrons. The summed E-state index contributed by atoms with van der Waals surface area (Å²) in [4.78, 5) is 18.7. The van der Waals surface area contributed by atoms with E-state index < -0.39 is 6.10 Å². The van der Waals surface area contributed by atoms with Crippen LogP contribution in [0.5, 0.6) is 17.2 Å². The van der Waals surface area contributed by atoms with Gasteiger partial charge in [0.2, 0.25) is 11.7 Å². The molecule has 1 aliphatic heterocycles. The van der Waals surface area contributed by atoms with Crippen molar-refractivity contribution in [1.82, 2.24) is 9.88 Å². The second-order valence-corrected chi connectivity index (χ2v) is 8.36. The van der Waals surface area contributed by atoms with Crippen LogP contribution in [-0.4, -0.2) is 60.4 Å². The first-order chi connectivity index (χ1) is 15.1. The van der Waals surface area contributed by atoms with E-state index in [2.05, 4.69) is 4.98 Å². The van der Waals surface area contributed by atoms with Crippen molar-refractivity contribution in [3.8, 4) is 17.2 Å². The summed E-state index contributed by atoms with van der Waals surface area (Å²) in [5.74, 6) is 2.50. The molecular weight excluding hydrogens is 396 g/mol. The molecule has 2 aliphatic rings. The molecule has 7 heteroatoms. The van der Waals surface area contributed by atoms with E-state index in [1.807, 2.05) is 35.2 Å². The lowest BCUT2D eigenvalue weighted by Crippen LogP contribution is -2.42. The summed E-state index contributed by atoms with van der Waals surface area (Å²) in [6.45, 7) is 1.44. The van der Waals surface area contributed by atoms with Gasteiger partial charge in [0.25, 0.3) is 0 Å². The van der Waals surface area contributed by atoms with Crippen LogP contribution in [0.1, 0.15) is 24.8 Å². The van der Waals surface area contributed by atoms with Gasteiger partial charge in [-0.2, -0.15) is 0 Å². The third-order valence-electron chi connectivity index (χ3n) is 6.46. The number of aliphatic hydroxyl groups excluding tert-OH is 1. The molecule has 2 heterocycles. The van der Waals surface area contributed by atoms with Gasteiger partial charge in [0.05, 0.1) is 20.3 Å². The Bertz CT molecular complexity index is 891. The number of aromatic nitrogens is 1. The second kappa shape index (κ2) is 9.56. The quantitative estimate of drug-likeness (QED) is 0.733. The number of nitrogens with zero attached hydrogens (tertiary/aromatic N) is 2. The molecule has 1 amide bonds. The summed E-state index contributed by atoms with van der Waals surface area (Å²) in [5.41, 5.74) is 1.12. The van der Waals surface area contributed by atoms with Crippen molar-refractivity contribution in [3.63, 3.8) is 0 Å². The Morgan fingerprint density at radius 3 is 2.48 bits per heavy atom. The number of para-hydroxylation sites is 1. The SMILES string of the molecule is COc1cccc(O[C@@H]2C[C@@H]3CN(C(=O)CCc4ccncc4)C[C@@H]3C[C@H]2O)c1OC. The zero-order chi connectivity index (χ0) is 21.8. The number of likely N-dealkylation sites (tertiary alicyclic amines) is 1. The first-order valence-electron chi connectivity index (χ1n) is 10.8. The Balaban J connectivity index is 1.36. The number of pyridine rings is 1. The van der Waals surface area contributed by atoms with Crippen molar-refractivity contribution < 1.29 is 24.1 Å². The third kappa shape index (κ3) is 4.77. The number of methoxy groups -OCH3 is 2. The molecule has 0 unspecified atom stereocenters. The van der Waals surface area contributed by atoms with Crippen molar-refractivity contribution in [2.45, 2.75) is 37.9 Å². The molecule has 1 aromatic carbocycles. The highest BCUT2D eigenvalue weighted by molar-refractivity contribution is 5.76. The second-order valence-electron chi connectivity index (χ2n) is 8.36. The minimum absolute atomic E-state index is 0.174. The maximum Gasteiger partial charge on any atom is 0.222 e. The molecule has 1 aliphatic carbocycles. The lowest BCUT2D eigenvalue weighted by Gasteiger charge is -2.35. The van der Waals surface area contributed by atoms with Crippen LogP contribution in [0.3, 0.4) is 0 Å². The molecule has 2 aromatic rings. The molecule has 7 nitrogen and oxygen atoms in total. The van der Waals surface area contributed by atoms with E-state index in [4.69, 9.17) is 14.2 Å². The molecular formula is C24H30N2O5. The van der Waals surface area contributed by atoms with Crippen molar-refractivity contribution in [1.29, 1.82) is 0 Å². The van der Waals surface area contributed by atoms with Gasteiger partial charge >= 0.3 is 0 Å². The number of amides is 1. The lowest BCUT2D eigenvalue weighted by molar-refractivity contribution is -0.130. The van der Waals surface area contributed by atoms with Crippen LogP contribution in [0.2, 0.25) is 0 Å². The summed E-state index contributed by atoms with van der Waals surface area (Å²) < 4.78 is 17.0. The number of carbonyl (C=O) groups is 1. The summed E-state index contributed by atoms with van der Waals surface area (Å²) >= 11 is 0. The molecule has 0 radical (unpaired) electrons. The van der Waals surface area contributed by atoms with Crippen molar-refractivity contribution in [3.05, 3.63) is 48.3 Å². The normalized spacial score (nSPS) is 25.1. The fraction of sp³-hybridized carbons (Fsp3) is 0.500. The van der Waals surface area contributed by atoms with Crippen LogP contribution in [0.15, 0.2) is 42.7 Å². The minimum Gasteiger partial charge on any atom is -0.493 e. The Kier molecular flexibility index (Phi) is 6.61. The van der Waals surface area contributed by atoms with Gasteiger partial charge in [-0.25, -0.2) is 0 Å². The number of aliphatic hydroxyl groups is 1. The van der Waals surface area contributed by atoms with E-state index in [9.17, 15) is 9.90 Å². The Labute approximate surface area is 182 Å². The van der Waals surface area contributed by atoms with Crippen molar-refractivity contribution >= 4 is 5.91 Å². The largest absolute Gasteiger partial charge is 0.493 e. The number of aryl methyl sites for hydroxylation is 1. The van der Waals surface area contributed by atoms with Gasteiger partial charge in [-0.05, 0) is 60.9 Å². The summed E-state index contributed by atoms with van der Waals surface area (Å²) in [6, 6.07) is 9.37. The van der Waals surface area contributed by atoms with Crippen LogP contribution in [-0.2, 0) is 11.2 Å². The Morgan fingerprint density at radius 1 is 1.06 bits per heavy atom. The van der Waals surface area contributed by atoms with Gasteiger partial charge in [0.15, 0.2) is 11.5 Å². The summed E-state index contributed by atoms with van der Waals surface area (Å²) in [5, 5.41) is 10.7. The fourth-order valence-electron chi connectivity index (χ4n) is 4.79. The zero-order valence-corrected chi connectivity index (χ0v) is 18.1. The topological polar surface area (TPSA) is 81.1 Å². The summed E-state index contributed by atoms with van der Waals surface area (Å²) in [7, 11) is 3.16. The number of carbonyl (C=O) groups excluding carboxylic acids is 1. The Hall–Kier alpha value is -2.80. The molecule has 0 bridgehead atoms. The van der Waals surface area contributed by atoms with Crippen molar-refractivity contribution in [2.75, 3.05) is 27.3 Å². The van der Waals surface area contributed by atoms with E-state index >= 15 is 0 Å². The van der Waals surface area contributed by atoms with E-state index in [0.29, 0.717) is 54.9 Å². The monoisotopic (exact) mass is 426 g/mol. The van der Waals surface area contributed by atoms with Crippen LogP contribution in [0, 0.1) is 11.8 Å². The van der Waals surface area contributed by atoms with Gasteiger partial charge in [0.1, 0.15) is 6.10 Å². The number of rotatable bonds is 7. The van der Waals surface area contributed by atoms with Crippen LogP contribution >= 0.6 is 0 Å². The predicted molar refractivity (Wildman–Crippen MR) is 115 cm³/mol. The molecule has 1 saturated heterocycles. The number of fused-ring (bicyclic) bond motifs is 1. The van der Waals surface area contributed by atoms with Crippen LogP contribution in [0.4, 0.5) is 0 Å². The molecule has 31 heavy (non-hydrogen) atoms. The van der Waals surface area contributed by atoms with Crippen molar-refractivity contribution in [2.24, 2.45) is 11.8 Å². The van der Waals surface area contributed by atoms with E-state index in [0.717, 1.165) is 18.5 Å². The average molecular weight is 427 g/mol. The first-order valence-corrected chi connectivity index (χ1v) is 10.8. The molecule has 4 atom stereocenters. The zero-order valence-electron chi connectivity index (χ0n) is 18.1. The Morgan fingerprint density at radius 2 is 1.77 bits per heavy atom. The predicted octanol–water partition coefficient (Wildman–Crippen LogP) is 2.71. The highest BCUT2D eigenvalue weighted by Crippen LogP contribution is 2.42. The molecule has 4 rings (SSSR count). The van der Waals surface area contributed by atoms with Gasteiger partial charge in [-0.1, -0.05) is 6.07 Å². The molecule has 2 fully saturated rings. The maximum atomic E-state index is 12.8. The number of hydrogen-bond acceptors (Lipinski definition) is 6. The number of hydrogen-bond donors (Lipinski definition) is 1. The highest BCUT2D eigenvalue weighted by atomic mass is 16.5. The fourth-order valence-corrected chi connectivity index (χ4v) is 4.79. The first kappa shape index (κ1) is 21.4. The molecule has 1 aromatic heterocycles. The van der Waals surface area contributed by atoms with E-state index in [-0.39, 0.29) is 12.0 Å². The highest BCUT2D eigenvalue weighted by Gasteiger charge is 2.44. The number of ether oxygens (including phenoxy) is 3. The minimum atomic E-state index is -0.580. The lowest BCUT2D eigenvalue weighted by atomic mass is 9.78. The van der Waals surface area contributed by atoms with Gasteiger partial charge in [-0.15, -0.1) is 0 Å². The van der Waals surface area contributed by atoms with E-state index in [1.165, 1.54) is 0 Å². The van der Waals surface area contributed by atoms with E-state index in [1.54, 1.807) is 26.6 Å². The van der Waals surface area contributed by atoms with Gasteiger partial charge < -0.3 is 24.2 Å². The smallest absolute Gasteiger partial charge is 0.222 e. The molecule has 1 saturated carbocycles. The average Bonchev–Trinajstić information content (AvgIpc) is 3.21.